The van der Waals surface area contributed by atoms with Crippen LogP contribution in [0.4, 0.5) is 5.69 Å². The lowest BCUT2D eigenvalue weighted by atomic mass is 10.0. The second-order valence-corrected chi connectivity index (χ2v) is 7.67. The molecule has 1 aromatic carbocycles. The Bertz CT molecular complexity index is 450. The van der Waals surface area contributed by atoms with E-state index in [1.807, 2.05) is 30.3 Å². The highest BCUT2D eigenvalue weighted by Crippen LogP contribution is 2.14. The highest BCUT2D eigenvalue weighted by atomic mass is 16.4. The van der Waals surface area contributed by atoms with Crippen LogP contribution in [0.15, 0.2) is 30.3 Å². The smallest absolute Gasteiger partial charge is 0.303 e. The topological polar surface area (TPSA) is 83.5 Å². The summed E-state index contributed by atoms with van der Waals surface area (Å²) in [5.74, 6) is -0.816. The van der Waals surface area contributed by atoms with Gasteiger partial charge in [-0.05, 0) is 25.0 Å². The monoisotopic (exact) mass is 393 g/mol. The number of carboxylic acids is 1. The largest absolute Gasteiger partial charge is 0.481 e. The maximum Gasteiger partial charge on any atom is 0.303 e. The van der Waals surface area contributed by atoms with E-state index in [2.05, 4.69) is 6.92 Å². The number of unbranched alkanes of at least 4 members (excludes halogenated alkanes) is 11. The first kappa shape index (κ1) is 26.4. The molecule has 0 aliphatic rings. The fourth-order valence-corrected chi connectivity index (χ4v) is 3.11. The van der Waals surface area contributed by atoms with Crippen LogP contribution >= 0.6 is 0 Å². The van der Waals surface area contributed by atoms with Crippen LogP contribution in [-0.2, 0) is 4.79 Å². The van der Waals surface area contributed by atoms with E-state index in [0.29, 0.717) is 6.42 Å². The Morgan fingerprint density at radius 3 is 1.68 bits per heavy atom. The summed E-state index contributed by atoms with van der Waals surface area (Å²) in [7, 11) is 0. The first-order chi connectivity index (χ1) is 13.6. The first-order valence-electron chi connectivity index (χ1n) is 11.3. The zero-order chi connectivity index (χ0) is 20.9. The summed E-state index contributed by atoms with van der Waals surface area (Å²) >= 11 is 0. The molecule has 0 aromatic heterocycles. The van der Waals surface area contributed by atoms with Crippen LogP contribution in [0, 0.1) is 0 Å². The summed E-state index contributed by atoms with van der Waals surface area (Å²) in [6.07, 6.45) is 16.6. The number of benzene rings is 1. The molecule has 1 aromatic rings. The number of para-hydroxylation sites is 1. The highest BCUT2D eigenvalue weighted by Gasteiger charge is 2.06. The SMILES string of the molecule is CCCCCCCCCCCCCCC(O)CCC(=O)O.Nc1ccccc1. The lowest BCUT2D eigenvalue weighted by molar-refractivity contribution is -0.137. The Morgan fingerprint density at radius 1 is 0.821 bits per heavy atom. The number of anilines is 1. The summed E-state index contributed by atoms with van der Waals surface area (Å²) in [4.78, 5) is 10.4. The molecule has 1 rings (SSSR count). The number of hydrogen-bond donors (Lipinski definition) is 3. The van der Waals surface area contributed by atoms with Crippen LogP contribution in [-0.4, -0.2) is 22.3 Å². The van der Waals surface area contributed by atoms with Crippen molar-refractivity contribution < 1.29 is 15.0 Å². The van der Waals surface area contributed by atoms with E-state index < -0.39 is 12.1 Å². The summed E-state index contributed by atoms with van der Waals surface area (Å²) in [6.45, 7) is 2.26. The molecule has 1 atom stereocenters. The van der Waals surface area contributed by atoms with Gasteiger partial charge in [0.2, 0.25) is 0 Å². The maximum atomic E-state index is 10.4. The molecule has 4 heteroatoms. The van der Waals surface area contributed by atoms with Crippen molar-refractivity contribution >= 4 is 11.7 Å². The van der Waals surface area contributed by atoms with E-state index in [1.165, 1.54) is 70.6 Å². The van der Waals surface area contributed by atoms with Gasteiger partial charge in [0.1, 0.15) is 0 Å². The Balaban J connectivity index is 0.000000861. The third kappa shape index (κ3) is 20.8. The van der Waals surface area contributed by atoms with Crippen molar-refractivity contribution in [2.45, 2.75) is 109 Å². The third-order valence-corrected chi connectivity index (χ3v) is 4.88. The van der Waals surface area contributed by atoms with Gasteiger partial charge >= 0.3 is 5.97 Å². The van der Waals surface area contributed by atoms with E-state index in [-0.39, 0.29) is 6.42 Å². The minimum atomic E-state index is -0.816. The minimum absolute atomic E-state index is 0.0828. The van der Waals surface area contributed by atoms with E-state index in [0.717, 1.165) is 18.5 Å². The van der Waals surface area contributed by atoms with Gasteiger partial charge in [-0.25, -0.2) is 0 Å². The zero-order valence-corrected chi connectivity index (χ0v) is 18.0. The lowest BCUT2D eigenvalue weighted by Gasteiger charge is -2.08. The predicted octanol–water partition coefficient (Wildman–Crippen LogP) is 6.57. The molecular formula is C24H43NO3. The first-order valence-corrected chi connectivity index (χ1v) is 11.3. The van der Waals surface area contributed by atoms with Crippen LogP contribution in [0.5, 0.6) is 0 Å². The van der Waals surface area contributed by atoms with Crippen LogP contribution in [0.3, 0.4) is 0 Å². The van der Waals surface area contributed by atoms with Gasteiger partial charge in [0.05, 0.1) is 6.10 Å². The van der Waals surface area contributed by atoms with Gasteiger partial charge in [0, 0.05) is 12.1 Å². The molecular weight excluding hydrogens is 350 g/mol. The standard InChI is InChI=1S/C18H36O3.C6H7N/c1-2-3-4-5-6-7-8-9-10-11-12-13-14-17(19)15-16-18(20)21;7-6-4-2-1-3-5-6/h17,19H,2-16H2,1H3,(H,20,21);1-5H,7H2. The number of hydrogen-bond acceptors (Lipinski definition) is 3. The van der Waals surface area contributed by atoms with Crippen molar-refractivity contribution in [1.82, 2.24) is 0 Å². The van der Waals surface area contributed by atoms with Crippen molar-refractivity contribution in [3.63, 3.8) is 0 Å². The number of aliphatic hydroxyl groups excluding tert-OH is 1. The van der Waals surface area contributed by atoms with Crippen LogP contribution in [0.1, 0.15) is 103 Å². The van der Waals surface area contributed by atoms with Gasteiger partial charge in [-0.3, -0.25) is 4.79 Å². The van der Waals surface area contributed by atoms with E-state index in [9.17, 15) is 9.90 Å². The number of aliphatic hydroxyl groups is 1. The number of nitrogens with two attached hydrogens (primary N) is 1. The molecule has 0 saturated carbocycles. The molecule has 0 bridgehead atoms. The Hall–Kier alpha value is -1.55. The quantitative estimate of drug-likeness (QED) is 0.219. The molecule has 28 heavy (non-hydrogen) atoms. The predicted molar refractivity (Wildman–Crippen MR) is 119 cm³/mol. The molecule has 0 radical (unpaired) electrons. The fourth-order valence-electron chi connectivity index (χ4n) is 3.11. The molecule has 4 N–H and O–H groups in total. The van der Waals surface area contributed by atoms with Crippen LogP contribution in [0.25, 0.3) is 0 Å². The average Bonchev–Trinajstić information content (AvgIpc) is 2.68. The van der Waals surface area contributed by atoms with Crippen molar-refractivity contribution in [1.29, 1.82) is 0 Å². The van der Waals surface area contributed by atoms with Gasteiger partial charge in [-0.2, -0.15) is 0 Å². The molecule has 4 nitrogen and oxygen atoms in total. The Labute approximate surface area is 172 Å². The molecule has 0 spiro atoms. The van der Waals surface area contributed by atoms with Crippen LogP contribution in [0.2, 0.25) is 0 Å². The van der Waals surface area contributed by atoms with Gasteiger partial charge < -0.3 is 15.9 Å². The molecule has 0 amide bonds. The summed E-state index contributed by atoms with van der Waals surface area (Å²) in [5.41, 5.74) is 6.18. The van der Waals surface area contributed by atoms with Crippen molar-refractivity contribution in [3.8, 4) is 0 Å². The number of aliphatic carboxylic acids is 1. The minimum Gasteiger partial charge on any atom is -0.481 e. The molecule has 162 valence electrons. The third-order valence-electron chi connectivity index (χ3n) is 4.88. The van der Waals surface area contributed by atoms with Gasteiger partial charge in [0.25, 0.3) is 0 Å². The number of nitrogen functional groups attached to an aromatic ring is 1. The Morgan fingerprint density at radius 2 is 1.29 bits per heavy atom. The van der Waals surface area contributed by atoms with Gasteiger partial charge in [-0.15, -0.1) is 0 Å². The zero-order valence-electron chi connectivity index (χ0n) is 18.0. The number of carbonyl (C=O) groups is 1. The van der Waals surface area contributed by atoms with E-state index in [4.69, 9.17) is 10.8 Å². The van der Waals surface area contributed by atoms with E-state index >= 15 is 0 Å². The fraction of sp³-hybridized carbons (Fsp3) is 0.708. The average molecular weight is 394 g/mol. The normalized spacial score (nSPS) is 11.5. The van der Waals surface area contributed by atoms with Crippen molar-refractivity contribution in [2.24, 2.45) is 0 Å². The van der Waals surface area contributed by atoms with Crippen molar-refractivity contribution in [3.05, 3.63) is 30.3 Å². The summed E-state index contributed by atoms with van der Waals surface area (Å²) in [5, 5.41) is 18.1. The summed E-state index contributed by atoms with van der Waals surface area (Å²) in [6, 6.07) is 9.49. The highest BCUT2D eigenvalue weighted by molar-refractivity contribution is 5.66. The van der Waals surface area contributed by atoms with E-state index in [1.54, 1.807) is 0 Å². The Kier molecular flexibility index (Phi) is 19.1. The number of rotatable bonds is 16. The second-order valence-electron chi connectivity index (χ2n) is 7.67. The lowest BCUT2D eigenvalue weighted by Crippen LogP contribution is -2.09. The second kappa shape index (κ2) is 20.2. The molecule has 0 heterocycles. The molecule has 0 saturated heterocycles. The maximum absolute atomic E-state index is 10.4. The van der Waals surface area contributed by atoms with Crippen molar-refractivity contribution in [2.75, 3.05) is 5.73 Å². The molecule has 0 fully saturated rings. The molecule has 0 aliphatic carbocycles. The summed E-state index contributed by atoms with van der Waals surface area (Å²) < 4.78 is 0. The van der Waals surface area contributed by atoms with Crippen LogP contribution < -0.4 is 5.73 Å². The molecule has 1 unspecified atom stereocenters. The number of carboxylic acid groups (broad SMARTS) is 1. The van der Waals surface area contributed by atoms with Gasteiger partial charge in [0.15, 0.2) is 0 Å². The molecule has 0 aliphatic heterocycles. The van der Waals surface area contributed by atoms with Gasteiger partial charge in [-0.1, -0.05) is 102 Å².